The summed E-state index contributed by atoms with van der Waals surface area (Å²) < 4.78 is 25.5. The first-order valence-electron chi connectivity index (χ1n) is 6.01. The molecule has 0 spiro atoms. The van der Waals surface area contributed by atoms with Gasteiger partial charge in [0.15, 0.2) is 5.84 Å². The van der Waals surface area contributed by atoms with Gasteiger partial charge in [-0.3, -0.25) is 4.90 Å². The molecule has 8 heteroatoms. The van der Waals surface area contributed by atoms with E-state index in [2.05, 4.69) is 5.16 Å². The lowest BCUT2D eigenvalue weighted by Gasteiger charge is -2.33. The average molecular weight is 278 g/mol. The van der Waals surface area contributed by atoms with Crippen LogP contribution in [0.25, 0.3) is 0 Å². The zero-order chi connectivity index (χ0) is 13.8. The summed E-state index contributed by atoms with van der Waals surface area (Å²) in [5.41, 5.74) is 5.42. The Kier molecular flexibility index (Phi) is 5.36. The standard InChI is InChI=1S/C10H22N4O3S/c1-9(2)8-18(16,17)14-5-3-13(4-6-14)7-10(11)12-15/h9,15H,3-8H2,1-2H3,(H2,11,12). The van der Waals surface area contributed by atoms with Gasteiger partial charge in [-0.1, -0.05) is 19.0 Å². The predicted octanol–water partition coefficient (Wildman–Crippen LogP) is -0.664. The van der Waals surface area contributed by atoms with Crippen molar-refractivity contribution in [1.29, 1.82) is 0 Å². The molecule has 7 nitrogen and oxygen atoms in total. The largest absolute Gasteiger partial charge is 0.409 e. The second kappa shape index (κ2) is 6.35. The Morgan fingerprint density at radius 3 is 2.33 bits per heavy atom. The van der Waals surface area contributed by atoms with Gasteiger partial charge in [0.05, 0.1) is 12.3 Å². The Labute approximate surface area is 108 Å². The molecule has 1 aliphatic heterocycles. The fraction of sp³-hybridized carbons (Fsp3) is 0.900. The van der Waals surface area contributed by atoms with Gasteiger partial charge in [-0.2, -0.15) is 4.31 Å². The van der Waals surface area contributed by atoms with E-state index in [1.54, 1.807) is 0 Å². The summed E-state index contributed by atoms with van der Waals surface area (Å²) in [6, 6.07) is 0. The third kappa shape index (κ3) is 4.43. The van der Waals surface area contributed by atoms with Gasteiger partial charge in [0.25, 0.3) is 0 Å². The third-order valence-corrected chi connectivity index (χ3v) is 5.02. The number of oxime groups is 1. The molecule has 1 rings (SSSR count). The summed E-state index contributed by atoms with van der Waals surface area (Å²) in [6.07, 6.45) is 0. The fourth-order valence-corrected chi connectivity index (χ4v) is 3.73. The molecule has 1 saturated heterocycles. The maximum absolute atomic E-state index is 12.0. The van der Waals surface area contributed by atoms with Crippen molar-refractivity contribution in [3.05, 3.63) is 0 Å². The van der Waals surface area contributed by atoms with Crippen molar-refractivity contribution in [3.63, 3.8) is 0 Å². The fourth-order valence-electron chi connectivity index (χ4n) is 1.95. The second-order valence-corrected chi connectivity index (χ2v) is 6.95. The minimum Gasteiger partial charge on any atom is -0.409 e. The number of nitrogens with two attached hydrogens (primary N) is 1. The van der Waals surface area contributed by atoms with Crippen LogP contribution in [0.5, 0.6) is 0 Å². The van der Waals surface area contributed by atoms with Crippen molar-refractivity contribution in [2.75, 3.05) is 38.5 Å². The normalized spacial score (nSPS) is 20.5. The molecule has 106 valence electrons. The molecule has 1 heterocycles. The lowest BCUT2D eigenvalue weighted by Crippen LogP contribution is -2.51. The molecule has 0 aromatic heterocycles. The summed E-state index contributed by atoms with van der Waals surface area (Å²) in [4.78, 5) is 1.97. The molecule has 0 saturated carbocycles. The first kappa shape index (κ1) is 15.2. The molecule has 1 fully saturated rings. The maximum Gasteiger partial charge on any atom is 0.214 e. The Morgan fingerprint density at radius 1 is 1.33 bits per heavy atom. The zero-order valence-electron chi connectivity index (χ0n) is 10.9. The molecule has 0 aliphatic carbocycles. The van der Waals surface area contributed by atoms with Crippen LogP contribution in [0.15, 0.2) is 5.16 Å². The van der Waals surface area contributed by atoms with E-state index in [4.69, 9.17) is 10.9 Å². The molecule has 0 amide bonds. The molecule has 0 unspecified atom stereocenters. The van der Waals surface area contributed by atoms with Crippen LogP contribution in [0.4, 0.5) is 0 Å². The van der Waals surface area contributed by atoms with Gasteiger partial charge in [0.1, 0.15) is 0 Å². The van der Waals surface area contributed by atoms with Crippen molar-refractivity contribution in [2.45, 2.75) is 13.8 Å². The van der Waals surface area contributed by atoms with E-state index in [9.17, 15) is 8.42 Å². The van der Waals surface area contributed by atoms with Crippen molar-refractivity contribution in [3.8, 4) is 0 Å². The monoisotopic (exact) mass is 278 g/mol. The molecule has 0 atom stereocenters. The molecule has 18 heavy (non-hydrogen) atoms. The van der Waals surface area contributed by atoms with Crippen LogP contribution in [0.3, 0.4) is 0 Å². The Bertz CT molecular complexity index is 386. The highest BCUT2D eigenvalue weighted by molar-refractivity contribution is 7.89. The SMILES string of the molecule is CC(C)CS(=O)(=O)N1CCN(CC(N)=NO)CC1. The molecule has 3 N–H and O–H groups in total. The summed E-state index contributed by atoms with van der Waals surface area (Å²) in [6.45, 7) is 6.30. The number of sulfonamides is 1. The van der Waals surface area contributed by atoms with Crippen LogP contribution in [0, 0.1) is 5.92 Å². The average Bonchev–Trinajstić information content (AvgIpc) is 2.28. The summed E-state index contributed by atoms with van der Waals surface area (Å²) >= 11 is 0. The van der Waals surface area contributed by atoms with E-state index in [0.29, 0.717) is 32.7 Å². The zero-order valence-corrected chi connectivity index (χ0v) is 11.7. The first-order chi connectivity index (χ1) is 8.35. The topological polar surface area (TPSA) is 99.2 Å². The van der Waals surface area contributed by atoms with Gasteiger partial charge in [-0.15, -0.1) is 0 Å². The van der Waals surface area contributed by atoms with Gasteiger partial charge in [0, 0.05) is 26.2 Å². The highest BCUT2D eigenvalue weighted by atomic mass is 32.2. The lowest BCUT2D eigenvalue weighted by atomic mass is 10.3. The van der Waals surface area contributed by atoms with E-state index >= 15 is 0 Å². The molecular weight excluding hydrogens is 256 g/mol. The van der Waals surface area contributed by atoms with E-state index < -0.39 is 10.0 Å². The van der Waals surface area contributed by atoms with Crippen LogP contribution in [-0.2, 0) is 10.0 Å². The van der Waals surface area contributed by atoms with Gasteiger partial charge >= 0.3 is 0 Å². The minimum atomic E-state index is -3.14. The Morgan fingerprint density at radius 2 is 1.89 bits per heavy atom. The predicted molar refractivity (Wildman–Crippen MR) is 70.0 cm³/mol. The number of nitrogens with zero attached hydrogens (tertiary/aromatic N) is 3. The number of rotatable bonds is 5. The quantitative estimate of drug-likeness (QED) is 0.301. The van der Waals surface area contributed by atoms with E-state index in [0.717, 1.165) is 0 Å². The molecule has 1 aliphatic rings. The van der Waals surface area contributed by atoms with Crippen molar-refractivity contribution < 1.29 is 13.6 Å². The van der Waals surface area contributed by atoms with Crippen LogP contribution in [0.1, 0.15) is 13.8 Å². The molecule has 0 aromatic carbocycles. The molecular formula is C10H22N4O3S. The van der Waals surface area contributed by atoms with Gasteiger partial charge in [0.2, 0.25) is 10.0 Å². The Balaban J connectivity index is 2.49. The van der Waals surface area contributed by atoms with Crippen LogP contribution in [-0.4, -0.2) is 67.1 Å². The van der Waals surface area contributed by atoms with Crippen molar-refractivity contribution in [2.24, 2.45) is 16.8 Å². The van der Waals surface area contributed by atoms with Crippen molar-refractivity contribution >= 4 is 15.9 Å². The van der Waals surface area contributed by atoms with Gasteiger partial charge < -0.3 is 10.9 Å². The molecule has 0 bridgehead atoms. The van der Waals surface area contributed by atoms with Gasteiger partial charge in [-0.25, -0.2) is 8.42 Å². The second-order valence-electron chi connectivity index (χ2n) is 4.94. The number of hydrogen-bond acceptors (Lipinski definition) is 5. The number of hydrogen-bond donors (Lipinski definition) is 2. The Hall–Kier alpha value is -0.860. The first-order valence-corrected chi connectivity index (χ1v) is 7.62. The maximum atomic E-state index is 12.0. The molecule has 0 aromatic rings. The van der Waals surface area contributed by atoms with Gasteiger partial charge in [-0.05, 0) is 5.92 Å². The van der Waals surface area contributed by atoms with Crippen LogP contribution in [0.2, 0.25) is 0 Å². The number of piperazine rings is 1. The number of amidine groups is 1. The summed E-state index contributed by atoms with van der Waals surface area (Å²) in [5, 5.41) is 11.4. The van der Waals surface area contributed by atoms with E-state index in [1.807, 2.05) is 18.7 Å². The highest BCUT2D eigenvalue weighted by Crippen LogP contribution is 2.10. The smallest absolute Gasteiger partial charge is 0.214 e. The van der Waals surface area contributed by atoms with Crippen LogP contribution < -0.4 is 5.73 Å². The van der Waals surface area contributed by atoms with Crippen molar-refractivity contribution in [1.82, 2.24) is 9.21 Å². The minimum absolute atomic E-state index is 0.130. The highest BCUT2D eigenvalue weighted by Gasteiger charge is 2.27. The van der Waals surface area contributed by atoms with E-state index in [1.165, 1.54) is 4.31 Å². The third-order valence-electron chi connectivity index (χ3n) is 2.78. The van der Waals surface area contributed by atoms with Crippen LogP contribution >= 0.6 is 0 Å². The summed E-state index contributed by atoms with van der Waals surface area (Å²) in [5.74, 6) is 0.464. The molecule has 0 radical (unpaired) electrons. The summed E-state index contributed by atoms with van der Waals surface area (Å²) in [7, 11) is -3.14. The van der Waals surface area contributed by atoms with E-state index in [-0.39, 0.29) is 17.5 Å². The lowest BCUT2D eigenvalue weighted by molar-refractivity contribution is 0.206.